The number of rotatable bonds is 1. The minimum absolute atomic E-state index is 0.00934. The van der Waals surface area contributed by atoms with E-state index in [1.165, 1.54) is 17.7 Å². The fourth-order valence-corrected chi connectivity index (χ4v) is 2.23. The Morgan fingerprint density at radius 2 is 1.81 bits per heavy atom. The fraction of sp³-hybridized carbons (Fsp3) is 0.118. The number of ketones is 1. The molecule has 1 aliphatic heterocycles. The van der Waals surface area contributed by atoms with Gasteiger partial charge in [-0.1, -0.05) is 18.2 Å². The third-order valence-corrected chi connectivity index (χ3v) is 3.62. The number of carbonyl (C=O) groups excluding carboxylic acids is 1. The Morgan fingerprint density at radius 3 is 2.52 bits per heavy atom. The number of hydrogen-bond donors (Lipinski definition) is 2. The molecule has 0 amide bonds. The van der Waals surface area contributed by atoms with E-state index in [-0.39, 0.29) is 28.6 Å². The van der Waals surface area contributed by atoms with Crippen LogP contribution >= 0.6 is 0 Å². The van der Waals surface area contributed by atoms with Gasteiger partial charge in [0.15, 0.2) is 17.3 Å². The summed E-state index contributed by atoms with van der Waals surface area (Å²) in [4.78, 5) is 12.2. The van der Waals surface area contributed by atoms with Crippen molar-refractivity contribution in [3.8, 4) is 17.2 Å². The maximum atomic E-state index is 12.2. The lowest BCUT2D eigenvalue weighted by Gasteiger charge is -2.03. The van der Waals surface area contributed by atoms with Crippen LogP contribution in [0.25, 0.3) is 6.08 Å². The molecule has 0 saturated heterocycles. The van der Waals surface area contributed by atoms with Crippen LogP contribution in [0.3, 0.4) is 0 Å². The van der Waals surface area contributed by atoms with E-state index >= 15 is 0 Å². The zero-order valence-corrected chi connectivity index (χ0v) is 11.7. The lowest BCUT2D eigenvalue weighted by molar-refractivity contribution is 0.101. The van der Waals surface area contributed by atoms with Crippen LogP contribution in [0.1, 0.15) is 27.0 Å². The van der Waals surface area contributed by atoms with Gasteiger partial charge < -0.3 is 14.9 Å². The van der Waals surface area contributed by atoms with E-state index in [1.54, 1.807) is 6.08 Å². The van der Waals surface area contributed by atoms with Crippen molar-refractivity contribution < 1.29 is 19.7 Å². The Labute approximate surface area is 121 Å². The van der Waals surface area contributed by atoms with E-state index in [9.17, 15) is 15.0 Å². The van der Waals surface area contributed by atoms with E-state index in [1.807, 2.05) is 32.0 Å². The summed E-state index contributed by atoms with van der Waals surface area (Å²) in [5, 5.41) is 19.2. The molecule has 0 aliphatic carbocycles. The van der Waals surface area contributed by atoms with Gasteiger partial charge in [0, 0.05) is 0 Å². The van der Waals surface area contributed by atoms with Crippen LogP contribution < -0.4 is 4.74 Å². The normalized spacial score (nSPS) is 15.1. The number of carbonyl (C=O) groups is 1. The van der Waals surface area contributed by atoms with Gasteiger partial charge in [0.05, 0.1) is 5.56 Å². The molecule has 4 heteroatoms. The van der Waals surface area contributed by atoms with Crippen molar-refractivity contribution in [3.63, 3.8) is 0 Å². The topological polar surface area (TPSA) is 66.8 Å². The van der Waals surface area contributed by atoms with Crippen molar-refractivity contribution in [2.75, 3.05) is 0 Å². The molecule has 0 unspecified atom stereocenters. The number of phenols is 2. The Hall–Kier alpha value is -2.75. The Kier molecular flexibility index (Phi) is 2.94. The molecule has 2 aromatic carbocycles. The van der Waals surface area contributed by atoms with Crippen LogP contribution in [-0.2, 0) is 0 Å². The summed E-state index contributed by atoms with van der Waals surface area (Å²) in [5.41, 5.74) is 3.38. The molecule has 1 aliphatic rings. The molecule has 1 heterocycles. The molecule has 0 saturated carbocycles. The minimum Gasteiger partial charge on any atom is -0.504 e. The first-order valence-corrected chi connectivity index (χ1v) is 6.54. The minimum atomic E-state index is -0.413. The Balaban J connectivity index is 2.02. The average molecular weight is 282 g/mol. The van der Waals surface area contributed by atoms with Crippen molar-refractivity contribution in [1.82, 2.24) is 0 Å². The summed E-state index contributed by atoms with van der Waals surface area (Å²) < 4.78 is 5.41. The second kappa shape index (κ2) is 4.66. The predicted octanol–water partition coefficient (Wildman–Crippen LogP) is 3.33. The van der Waals surface area contributed by atoms with Gasteiger partial charge in [0.25, 0.3) is 0 Å². The maximum absolute atomic E-state index is 12.2. The SMILES string of the molecule is Cc1ccc(/C=C2\Oc3c(ccc(O)c3O)C2=O)cc1C. The second-order valence-electron chi connectivity index (χ2n) is 5.09. The first-order valence-electron chi connectivity index (χ1n) is 6.54. The van der Waals surface area contributed by atoms with E-state index in [0.29, 0.717) is 0 Å². The first-order chi connectivity index (χ1) is 9.97. The van der Waals surface area contributed by atoms with Crippen LogP contribution in [-0.4, -0.2) is 16.0 Å². The van der Waals surface area contributed by atoms with Gasteiger partial charge in [-0.3, -0.25) is 4.79 Å². The number of phenolic OH excluding ortho intramolecular Hbond substituents is 2. The lowest BCUT2D eigenvalue weighted by Crippen LogP contribution is -1.98. The van der Waals surface area contributed by atoms with Crippen molar-refractivity contribution in [2.45, 2.75) is 13.8 Å². The van der Waals surface area contributed by atoms with E-state index < -0.39 is 5.75 Å². The number of ether oxygens (including phenoxy) is 1. The molecule has 2 aromatic rings. The van der Waals surface area contributed by atoms with Gasteiger partial charge >= 0.3 is 0 Å². The highest BCUT2D eigenvalue weighted by Gasteiger charge is 2.31. The molecule has 3 rings (SSSR count). The summed E-state index contributed by atoms with van der Waals surface area (Å²) in [6, 6.07) is 8.53. The highest BCUT2D eigenvalue weighted by atomic mass is 16.5. The van der Waals surface area contributed by atoms with Crippen LogP contribution in [0.15, 0.2) is 36.1 Å². The highest BCUT2D eigenvalue weighted by Crippen LogP contribution is 2.44. The summed E-state index contributed by atoms with van der Waals surface area (Å²) in [7, 11) is 0. The van der Waals surface area contributed by atoms with Crippen molar-refractivity contribution >= 4 is 11.9 Å². The van der Waals surface area contributed by atoms with Gasteiger partial charge in [-0.05, 0) is 48.7 Å². The molecule has 0 fully saturated rings. The van der Waals surface area contributed by atoms with Gasteiger partial charge in [0.2, 0.25) is 11.5 Å². The summed E-state index contributed by atoms with van der Waals surface area (Å²) in [6.45, 7) is 4.01. The van der Waals surface area contributed by atoms with Crippen LogP contribution in [0.4, 0.5) is 0 Å². The number of allylic oxidation sites excluding steroid dienone is 1. The van der Waals surface area contributed by atoms with Crippen LogP contribution in [0.2, 0.25) is 0 Å². The Bertz CT molecular complexity index is 788. The molecular weight excluding hydrogens is 268 g/mol. The molecule has 2 N–H and O–H groups in total. The van der Waals surface area contributed by atoms with Crippen LogP contribution in [0.5, 0.6) is 17.2 Å². The van der Waals surface area contributed by atoms with Crippen molar-refractivity contribution in [2.24, 2.45) is 0 Å². The third-order valence-electron chi connectivity index (χ3n) is 3.62. The fourth-order valence-electron chi connectivity index (χ4n) is 2.23. The van der Waals surface area contributed by atoms with Gasteiger partial charge in [-0.2, -0.15) is 0 Å². The monoisotopic (exact) mass is 282 g/mol. The smallest absolute Gasteiger partial charge is 0.232 e. The molecule has 106 valence electrons. The number of hydrogen-bond acceptors (Lipinski definition) is 4. The zero-order valence-electron chi connectivity index (χ0n) is 11.7. The van der Waals surface area contributed by atoms with Gasteiger partial charge in [-0.15, -0.1) is 0 Å². The van der Waals surface area contributed by atoms with Crippen LogP contribution in [0, 0.1) is 13.8 Å². The van der Waals surface area contributed by atoms with E-state index in [0.717, 1.165) is 11.1 Å². The number of aromatic hydroxyl groups is 2. The maximum Gasteiger partial charge on any atom is 0.232 e. The molecule has 0 bridgehead atoms. The highest BCUT2D eigenvalue weighted by molar-refractivity contribution is 6.15. The van der Waals surface area contributed by atoms with Gasteiger partial charge in [0.1, 0.15) is 0 Å². The average Bonchev–Trinajstić information content (AvgIpc) is 2.76. The molecular formula is C17H14O4. The molecule has 0 radical (unpaired) electrons. The summed E-state index contributed by atoms with van der Waals surface area (Å²) in [5.74, 6) is -0.888. The molecule has 0 spiro atoms. The predicted molar refractivity (Wildman–Crippen MR) is 78.6 cm³/mol. The second-order valence-corrected chi connectivity index (χ2v) is 5.09. The number of Topliss-reactive ketones (excluding diaryl/α,β-unsaturated/α-hetero) is 1. The largest absolute Gasteiger partial charge is 0.504 e. The molecule has 21 heavy (non-hydrogen) atoms. The molecule has 0 atom stereocenters. The van der Waals surface area contributed by atoms with E-state index in [2.05, 4.69) is 0 Å². The van der Waals surface area contributed by atoms with Gasteiger partial charge in [-0.25, -0.2) is 0 Å². The standard InChI is InChI=1S/C17H14O4/c1-9-3-4-11(7-10(9)2)8-14-15(19)12-5-6-13(18)16(20)17(12)21-14/h3-8,18,20H,1-2H3/b14-8-. The molecule has 4 nitrogen and oxygen atoms in total. The Morgan fingerprint density at radius 1 is 1.05 bits per heavy atom. The lowest BCUT2D eigenvalue weighted by atomic mass is 10.0. The number of aryl methyl sites for hydroxylation is 2. The van der Waals surface area contributed by atoms with Crippen molar-refractivity contribution in [1.29, 1.82) is 0 Å². The summed E-state index contributed by atoms with van der Waals surface area (Å²) in [6.07, 6.45) is 1.63. The first kappa shape index (κ1) is 13.2. The third kappa shape index (κ3) is 2.14. The quantitative estimate of drug-likeness (QED) is 0.622. The number of fused-ring (bicyclic) bond motifs is 1. The van der Waals surface area contributed by atoms with Crippen molar-refractivity contribution in [3.05, 3.63) is 58.3 Å². The van der Waals surface area contributed by atoms with E-state index in [4.69, 9.17) is 4.74 Å². The molecule has 0 aromatic heterocycles. The number of benzene rings is 2. The zero-order chi connectivity index (χ0) is 15.1. The summed E-state index contributed by atoms with van der Waals surface area (Å²) >= 11 is 0.